The van der Waals surface area contributed by atoms with Gasteiger partial charge in [-0.2, -0.15) is 0 Å². The van der Waals surface area contributed by atoms with Crippen molar-refractivity contribution in [2.24, 2.45) is 50.2 Å². The van der Waals surface area contributed by atoms with Crippen molar-refractivity contribution in [1.29, 1.82) is 0 Å². The van der Waals surface area contributed by atoms with Gasteiger partial charge in [0.05, 0.1) is 35.4 Å². The molecule has 5 aliphatic carbocycles. The second kappa shape index (κ2) is 12.3. The van der Waals surface area contributed by atoms with E-state index in [2.05, 4.69) is 54.5 Å². The van der Waals surface area contributed by atoms with Crippen molar-refractivity contribution in [3.05, 3.63) is 83.4 Å². The van der Waals surface area contributed by atoms with Crippen LogP contribution in [0.1, 0.15) is 114 Å². The SMILES string of the molecule is CC1(C)C[C@H]2C3=CC[C@@H]4[C@@]5(C)CC[C@H](O)C(C)(C)[C@@H]5CC[C@@]4(C)[C@]3(C)C[C@@H](O)[C@@]2(CO)[C@@H](OC(=O)c2ccccc2)[C@@H]1OC(=O)c1ccccc1. The second-order valence-corrected chi connectivity index (χ2v) is 18.8. The molecular weight excluding hydrogens is 640 g/mol. The average molecular weight is 699 g/mol. The highest BCUT2D eigenvalue weighted by Gasteiger charge is 2.73. The maximum atomic E-state index is 13.9. The number of aliphatic hydroxyl groups excluding tert-OH is 3. The maximum absolute atomic E-state index is 13.9. The largest absolute Gasteiger partial charge is 0.454 e. The molecule has 0 radical (unpaired) electrons. The summed E-state index contributed by atoms with van der Waals surface area (Å²) in [4.78, 5) is 27.6. The molecule has 7 rings (SSSR count). The van der Waals surface area contributed by atoms with E-state index in [1.165, 1.54) is 5.57 Å². The number of allylic oxidation sites excluding steroid dienone is 2. The van der Waals surface area contributed by atoms with Crippen molar-refractivity contribution in [3.8, 4) is 0 Å². The fraction of sp³-hybridized carbons (Fsp3) is 0.636. The summed E-state index contributed by atoms with van der Waals surface area (Å²) in [5.74, 6) is -0.677. The lowest BCUT2D eigenvalue weighted by Gasteiger charge is -2.72. The molecule has 4 saturated carbocycles. The molecule has 0 unspecified atom stereocenters. The molecule has 0 heterocycles. The van der Waals surface area contributed by atoms with Gasteiger partial charge in [-0.3, -0.25) is 0 Å². The first kappa shape index (κ1) is 36.4. The summed E-state index contributed by atoms with van der Waals surface area (Å²) in [6.07, 6.45) is 4.62. The van der Waals surface area contributed by atoms with Crippen LogP contribution in [0.2, 0.25) is 0 Å². The summed E-state index contributed by atoms with van der Waals surface area (Å²) in [7, 11) is 0. The van der Waals surface area contributed by atoms with Crippen LogP contribution in [0, 0.1) is 50.2 Å². The number of esters is 2. The zero-order valence-electron chi connectivity index (χ0n) is 31.5. The molecule has 0 amide bonds. The lowest BCUT2D eigenvalue weighted by Crippen LogP contribution is -2.72. The molecule has 2 aromatic rings. The topological polar surface area (TPSA) is 113 Å². The Hall–Kier alpha value is -3.00. The van der Waals surface area contributed by atoms with E-state index in [0.29, 0.717) is 35.8 Å². The van der Waals surface area contributed by atoms with E-state index in [1.807, 2.05) is 12.1 Å². The molecule has 7 heteroatoms. The van der Waals surface area contributed by atoms with Gasteiger partial charge < -0.3 is 24.8 Å². The third kappa shape index (κ3) is 5.15. The lowest BCUT2D eigenvalue weighted by atomic mass is 9.33. The van der Waals surface area contributed by atoms with Gasteiger partial charge in [0.2, 0.25) is 0 Å². The number of carbonyl (C=O) groups is 2. The Kier molecular flexibility index (Phi) is 8.75. The van der Waals surface area contributed by atoms with Crippen molar-refractivity contribution in [2.45, 2.75) is 118 Å². The maximum Gasteiger partial charge on any atom is 0.338 e. The number of aliphatic hydroxyl groups is 3. The minimum absolute atomic E-state index is 0.0353. The molecule has 51 heavy (non-hydrogen) atoms. The van der Waals surface area contributed by atoms with Gasteiger partial charge in [0.25, 0.3) is 0 Å². The highest BCUT2D eigenvalue weighted by molar-refractivity contribution is 5.90. The Bertz CT molecular complexity index is 1680. The van der Waals surface area contributed by atoms with Gasteiger partial charge >= 0.3 is 11.9 Å². The monoisotopic (exact) mass is 698 g/mol. The van der Waals surface area contributed by atoms with Crippen LogP contribution in [0.25, 0.3) is 0 Å². The number of benzene rings is 2. The van der Waals surface area contributed by atoms with Gasteiger partial charge in [0, 0.05) is 5.41 Å². The van der Waals surface area contributed by atoms with Crippen LogP contribution in [-0.4, -0.2) is 58.3 Å². The molecule has 4 fully saturated rings. The highest BCUT2D eigenvalue weighted by atomic mass is 16.6. The lowest BCUT2D eigenvalue weighted by molar-refractivity contribution is -0.256. The van der Waals surface area contributed by atoms with E-state index < -0.39 is 47.7 Å². The molecule has 7 nitrogen and oxygen atoms in total. The van der Waals surface area contributed by atoms with E-state index in [9.17, 15) is 24.9 Å². The zero-order valence-corrected chi connectivity index (χ0v) is 31.5. The van der Waals surface area contributed by atoms with Crippen molar-refractivity contribution < 1.29 is 34.4 Å². The van der Waals surface area contributed by atoms with Gasteiger partial charge in [-0.1, -0.05) is 96.5 Å². The third-order valence-electron chi connectivity index (χ3n) is 15.8. The molecule has 0 aromatic heterocycles. The Morgan fingerprint density at radius 3 is 1.86 bits per heavy atom. The zero-order chi connectivity index (χ0) is 36.8. The normalized spacial score (nSPS) is 42.2. The van der Waals surface area contributed by atoms with Gasteiger partial charge in [0.1, 0.15) is 6.10 Å². The fourth-order valence-electron chi connectivity index (χ4n) is 12.7. The van der Waals surface area contributed by atoms with Crippen molar-refractivity contribution in [3.63, 3.8) is 0 Å². The van der Waals surface area contributed by atoms with E-state index in [1.54, 1.807) is 48.5 Å². The molecule has 0 saturated heterocycles. The van der Waals surface area contributed by atoms with Crippen LogP contribution in [0.3, 0.4) is 0 Å². The number of fused-ring (bicyclic) bond motifs is 7. The summed E-state index contributed by atoms with van der Waals surface area (Å²) in [5, 5.41) is 35.5. The Labute approximate surface area is 303 Å². The van der Waals surface area contributed by atoms with E-state index in [0.717, 1.165) is 32.1 Å². The van der Waals surface area contributed by atoms with E-state index in [4.69, 9.17) is 9.47 Å². The average Bonchev–Trinajstić information content (AvgIpc) is 3.09. The summed E-state index contributed by atoms with van der Waals surface area (Å²) >= 11 is 0. The van der Waals surface area contributed by atoms with Crippen LogP contribution < -0.4 is 0 Å². The summed E-state index contributed by atoms with van der Waals surface area (Å²) in [6.45, 7) is 15.4. The molecule has 0 aliphatic heterocycles. The standard InChI is InChI=1S/C44H58O7/c1-39(2)24-30-29-18-19-32-41(5)22-21-33(46)40(3,4)31(41)20-23-42(32,6)43(29,7)25-34(47)44(30,26-45)36(51-38(49)28-16-12-9-13-17-28)35(39)50-37(48)27-14-10-8-11-15-27/h8-18,30-36,45-47H,19-26H2,1-7H3/t30-,31-,32+,33-,34+,35-,36-,41-,42+,43+,44-/m0/s1. The molecule has 276 valence electrons. The molecule has 0 spiro atoms. The van der Waals surface area contributed by atoms with E-state index in [-0.39, 0.29) is 33.7 Å². The summed E-state index contributed by atoms with van der Waals surface area (Å²) < 4.78 is 12.8. The molecule has 0 bridgehead atoms. The Morgan fingerprint density at radius 2 is 1.29 bits per heavy atom. The number of hydrogen-bond acceptors (Lipinski definition) is 7. The van der Waals surface area contributed by atoms with Crippen LogP contribution in [-0.2, 0) is 9.47 Å². The number of hydrogen-bond donors (Lipinski definition) is 3. The predicted molar refractivity (Wildman–Crippen MR) is 196 cm³/mol. The Morgan fingerprint density at radius 1 is 0.725 bits per heavy atom. The molecular formula is C44H58O7. The quantitative estimate of drug-likeness (QED) is 0.216. The minimum atomic E-state index is -1.30. The first-order valence-electron chi connectivity index (χ1n) is 19.2. The van der Waals surface area contributed by atoms with Crippen LogP contribution in [0.15, 0.2) is 72.3 Å². The molecule has 11 atom stereocenters. The van der Waals surface area contributed by atoms with Crippen LogP contribution >= 0.6 is 0 Å². The summed E-state index contributed by atoms with van der Waals surface area (Å²) in [6, 6.07) is 17.5. The summed E-state index contributed by atoms with van der Waals surface area (Å²) in [5.41, 5.74) is -0.667. The Balaban J connectivity index is 1.33. The number of rotatable bonds is 5. The number of ether oxygens (including phenoxy) is 2. The smallest absolute Gasteiger partial charge is 0.338 e. The van der Waals surface area contributed by atoms with Gasteiger partial charge in [0.15, 0.2) is 6.10 Å². The third-order valence-corrected chi connectivity index (χ3v) is 15.8. The van der Waals surface area contributed by atoms with Crippen molar-refractivity contribution >= 4 is 11.9 Å². The first-order valence-corrected chi connectivity index (χ1v) is 19.2. The molecule has 2 aromatic carbocycles. The molecule has 3 N–H and O–H groups in total. The molecule has 5 aliphatic rings. The van der Waals surface area contributed by atoms with Crippen LogP contribution in [0.4, 0.5) is 0 Å². The minimum Gasteiger partial charge on any atom is -0.454 e. The predicted octanol–water partition coefficient (Wildman–Crippen LogP) is 7.78. The highest BCUT2D eigenvalue weighted by Crippen LogP contribution is 2.76. The fourth-order valence-corrected chi connectivity index (χ4v) is 12.7. The van der Waals surface area contributed by atoms with Crippen molar-refractivity contribution in [2.75, 3.05) is 6.61 Å². The van der Waals surface area contributed by atoms with Gasteiger partial charge in [-0.15, -0.1) is 0 Å². The van der Waals surface area contributed by atoms with Crippen molar-refractivity contribution in [1.82, 2.24) is 0 Å². The van der Waals surface area contributed by atoms with Gasteiger partial charge in [-0.05, 0) is 109 Å². The number of carbonyl (C=O) groups excluding carboxylic acids is 2. The van der Waals surface area contributed by atoms with Crippen LogP contribution in [0.5, 0.6) is 0 Å². The first-order chi connectivity index (χ1) is 24.0. The van der Waals surface area contributed by atoms with E-state index >= 15 is 0 Å². The second-order valence-electron chi connectivity index (χ2n) is 18.8. The van der Waals surface area contributed by atoms with Gasteiger partial charge in [-0.25, -0.2) is 9.59 Å².